The minimum atomic E-state index is -4.37. The Labute approximate surface area is 200 Å². The number of amides is 2. The Kier molecular flexibility index (Phi) is 6.82. The van der Waals surface area contributed by atoms with Crippen LogP contribution in [0, 0.1) is 5.92 Å². The summed E-state index contributed by atoms with van der Waals surface area (Å²) in [7, 11) is 2.85. The lowest BCUT2D eigenvalue weighted by atomic mass is 9.85. The van der Waals surface area contributed by atoms with E-state index in [-0.39, 0.29) is 49.8 Å². The van der Waals surface area contributed by atoms with Gasteiger partial charge in [0.2, 0.25) is 5.91 Å². The number of ether oxygens (including phenoxy) is 2. The topological polar surface area (TPSA) is 88.1 Å². The molecule has 2 heterocycles. The molecule has 0 saturated carbocycles. The van der Waals surface area contributed by atoms with Gasteiger partial charge in [0.1, 0.15) is 17.2 Å². The van der Waals surface area contributed by atoms with E-state index in [1.165, 1.54) is 25.2 Å². The largest absolute Gasteiger partial charge is 0.507 e. The van der Waals surface area contributed by atoms with Crippen LogP contribution in [0.2, 0.25) is 0 Å². The van der Waals surface area contributed by atoms with Gasteiger partial charge in [-0.05, 0) is 30.0 Å². The van der Waals surface area contributed by atoms with E-state index in [9.17, 15) is 27.9 Å². The lowest BCUT2D eigenvalue weighted by Gasteiger charge is -2.34. The molecular weight excluding hydrogens is 465 g/mol. The van der Waals surface area contributed by atoms with Crippen LogP contribution in [0.3, 0.4) is 0 Å². The van der Waals surface area contributed by atoms with Gasteiger partial charge < -0.3 is 24.8 Å². The summed E-state index contributed by atoms with van der Waals surface area (Å²) >= 11 is 0. The van der Waals surface area contributed by atoms with E-state index in [1.807, 2.05) is 0 Å². The van der Waals surface area contributed by atoms with Crippen molar-refractivity contribution < 1.29 is 37.3 Å². The molecule has 2 aromatic carbocycles. The number of aromatic hydroxyl groups is 1. The van der Waals surface area contributed by atoms with Crippen molar-refractivity contribution in [2.24, 2.45) is 5.92 Å². The number of nitrogens with one attached hydrogen (secondary N) is 1. The highest BCUT2D eigenvalue weighted by Gasteiger charge is 2.43. The molecule has 7 nitrogen and oxygen atoms in total. The Morgan fingerprint density at radius 2 is 2.00 bits per heavy atom. The number of piperidine rings is 1. The number of nitrogens with zero attached hydrogens (tertiary/aromatic N) is 1. The standard InChI is InChI=1S/C25H27F3N2O5/c1-34-17-9-20(31)23(21(10-17)35-2)19(14-5-6-18-15(8-14)12-29-24(18)33)11-22(32)30-7-3-4-16(13-30)25(26,27)28/h5-6,8-10,16,19,31H,3-4,7,11-13H2,1-2H3,(H,29,33)/t16-,19-/m1/s1. The first-order valence-electron chi connectivity index (χ1n) is 11.3. The normalized spacial score (nSPS) is 18.6. The number of benzene rings is 2. The van der Waals surface area contributed by atoms with Gasteiger partial charge in [0, 0.05) is 55.2 Å². The molecule has 2 atom stereocenters. The van der Waals surface area contributed by atoms with E-state index in [0.29, 0.717) is 29.0 Å². The number of fused-ring (bicyclic) bond motifs is 1. The number of hydrogen-bond donors (Lipinski definition) is 2. The summed E-state index contributed by atoms with van der Waals surface area (Å²) in [5, 5.41) is 13.6. The van der Waals surface area contributed by atoms with Crippen molar-refractivity contribution in [3.05, 3.63) is 52.6 Å². The maximum atomic E-state index is 13.3. The van der Waals surface area contributed by atoms with E-state index in [1.54, 1.807) is 24.3 Å². The van der Waals surface area contributed by atoms with Crippen molar-refractivity contribution in [2.75, 3.05) is 27.3 Å². The van der Waals surface area contributed by atoms with Crippen molar-refractivity contribution in [3.63, 3.8) is 0 Å². The molecule has 10 heteroatoms. The Balaban J connectivity index is 1.72. The predicted octanol–water partition coefficient (Wildman–Crippen LogP) is 3.98. The number of likely N-dealkylation sites (tertiary alicyclic amines) is 1. The van der Waals surface area contributed by atoms with Crippen LogP contribution in [-0.4, -0.2) is 55.3 Å². The van der Waals surface area contributed by atoms with Crippen molar-refractivity contribution in [1.82, 2.24) is 10.2 Å². The lowest BCUT2D eigenvalue weighted by Crippen LogP contribution is -2.45. The molecule has 0 radical (unpaired) electrons. The van der Waals surface area contributed by atoms with Crippen molar-refractivity contribution in [1.29, 1.82) is 0 Å². The van der Waals surface area contributed by atoms with Gasteiger partial charge in [-0.15, -0.1) is 0 Å². The number of phenols is 1. The molecule has 1 saturated heterocycles. The van der Waals surface area contributed by atoms with Gasteiger partial charge in [-0.25, -0.2) is 0 Å². The van der Waals surface area contributed by atoms with Gasteiger partial charge in [0.25, 0.3) is 5.91 Å². The molecule has 0 aliphatic carbocycles. The van der Waals surface area contributed by atoms with Crippen LogP contribution in [-0.2, 0) is 11.3 Å². The van der Waals surface area contributed by atoms with E-state index in [4.69, 9.17) is 9.47 Å². The van der Waals surface area contributed by atoms with Gasteiger partial charge in [0.15, 0.2) is 0 Å². The van der Waals surface area contributed by atoms with Crippen LogP contribution < -0.4 is 14.8 Å². The van der Waals surface area contributed by atoms with E-state index in [2.05, 4.69) is 5.32 Å². The lowest BCUT2D eigenvalue weighted by molar-refractivity contribution is -0.188. The number of halogens is 3. The van der Waals surface area contributed by atoms with Crippen molar-refractivity contribution >= 4 is 11.8 Å². The fourth-order valence-corrected chi connectivity index (χ4v) is 4.85. The second-order valence-corrected chi connectivity index (χ2v) is 8.84. The number of phenolic OH excluding ortho intramolecular Hbond substituents is 1. The first kappa shape index (κ1) is 24.7. The molecule has 188 valence electrons. The van der Waals surface area contributed by atoms with E-state index < -0.39 is 23.9 Å². The molecule has 1 fully saturated rings. The summed E-state index contributed by atoms with van der Waals surface area (Å²) in [6, 6.07) is 8.10. The summed E-state index contributed by atoms with van der Waals surface area (Å²) in [6.45, 7) is 0.184. The number of carbonyl (C=O) groups is 2. The van der Waals surface area contributed by atoms with E-state index in [0.717, 1.165) is 5.56 Å². The van der Waals surface area contributed by atoms with E-state index >= 15 is 0 Å². The number of alkyl halides is 3. The summed E-state index contributed by atoms with van der Waals surface area (Å²) in [4.78, 5) is 26.5. The maximum Gasteiger partial charge on any atom is 0.393 e. The highest BCUT2D eigenvalue weighted by atomic mass is 19.4. The van der Waals surface area contributed by atoms with Gasteiger partial charge in [-0.1, -0.05) is 12.1 Å². The molecule has 0 aromatic heterocycles. The molecule has 2 N–H and O–H groups in total. The second-order valence-electron chi connectivity index (χ2n) is 8.84. The first-order valence-corrected chi connectivity index (χ1v) is 11.3. The zero-order valence-electron chi connectivity index (χ0n) is 19.4. The fraction of sp³-hybridized carbons (Fsp3) is 0.440. The molecule has 2 aliphatic rings. The molecule has 0 spiro atoms. The third kappa shape index (κ3) is 5.01. The first-order chi connectivity index (χ1) is 16.6. The third-order valence-corrected chi connectivity index (χ3v) is 6.73. The van der Waals surface area contributed by atoms with Gasteiger partial charge >= 0.3 is 6.18 Å². The Bertz CT molecular complexity index is 1130. The molecule has 35 heavy (non-hydrogen) atoms. The third-order valence-electron chi connectivity index (χ3n) is 6.73. The fourth-order valence-electron chi connectivity index (χ4n) is 4.85. The number of rotatable bonds is 6. The molecule has 0 bridgehead atoms. The van der Waals surface area contributed by atoms with Gasteiger partial charge in [0.05, 0.1) is 20.1 Å². The second kappa shape index (κ2) is 9.67. The van der Waals surface area contributed by atoms with Gasteiger partial charge in [-0.2, -0.15) is 13.2 Å². The molecular formula is C25H27F3N2O5. The summed E-state index contributed by atoms with van der Waals surface area (Å²) in [5.41, 5.74) is 2.22. The zero-order chi connectivity index (χ0) is 25.3. The highest BCUT2D eigenvalue weighted by Crippen LogP contribution is 2.44. The Hall–Kier alpha value is -3.43. The predicted molar refractivity (Wildman–Crippen MR) is 121 cm³/mol. The average molecular weight is 492 g/mol. The molecule has 4 rings (SSSR count). The smallest absolute Gasteiger partial charge is 0.393 e. The summed E-state index contributed by atoms with van der Waals surface area (Å²) in [5.74, 6) is -2.47. The number of carbonyl (C=O) groups excluding carboxylic acids is 2. The highest BCUT2D eigenvalue weighted by molar-refractivity contribution is 5.98. The SMILES string of the molecule is COc1cc(O)c([C@H](CC(=O)N2CCC[C@@H](C(F)(F)F)C2)c2ccc3c(c2)CNC3=O)c(OC)c1. The van der Waals surface area contributed by atoms with Crippen LogP contribution in [0.1, 0.15) is 52.2 Å². The number of methoxy groups -OCH3 is 2. The minimum Gasteiger partial charge on any atom is -0.507 e. The summed E-state index contributed by atoms with van der Waals surface area (Å²) in [6.07, 6.45) is -4.28. The quantitative estimate of drug-likeness (QED) is 0.637. The molecule has 2 aromatic rings. The Morgan fingerprint density at radius 1 is 1.23 bits per heavy atom. The van der Waals surface area contributed by atoms with Crippen LogP contribution in [0.25, 0.3) is 0 Å². The zero-order valence-corrected chi connectivity index (χ0v) is 19.4. The van der Waals surface area contributed by atoms with Crippen LogP contribution in [0.15, 0.2) is 30.3 Å². The molecule has 0 unspecified atom stereocenters. The Morgan fingerprint density at radius 3 is 2.69 bits per heavy atom. The summed E-state index contributed by atoms with van der Waals surface area (Å²) < 4.78 is 50.7. The van der Waals surface area contributed by atoms with Crippen LogP contribution in [0.5, 0.6) is 17.2 Å². The minimum absolute atomic E-state index is 0.00432. The average Bonchev–Trinajstić information content (AvgIpc) is 3.21. The monoisotopic (exact) mass is 492 g/mol. The number of hydrogen-bond acceptors (Lipinski definition) is 5. The van der Waals surface area contributed by atoms with Crippen LogP contribution >= 0.6 is 0 Å². The van der Waals surface area contributed by atoms with Crippen molar-refractivity contribution in [2.45, 2.75) is 37.9 Å². The van der Waals surface area contributed by atoms with Crippen LogP contribution in [0.4, 0.5) is 13.2 Å². The van der Waals surface area contributed by atoms with Gasteiger partial charge in [-0.3, -0.25) is 9.59 Å². The maximum absolute atomic E-state index is 13.3. The molecule has 2 amide bonds. The van der Waals surface area contributed by atoms with Crippen molar-refractivity contribution in [3.8, 4) is 17.2 Å². The molecule has 2 aliphatic heterocycles.